The zero-order valence-corrected chi connectivity index (χ0v) is 24.1. The molecule has 42 heavy (non-hydrogen) atoms. The summed E-state index contributed by atoms with van der Waals surface area (Å²) in [5.41, 5.74) is 6.09. The van der Waals surface area contributed by atoms with Gasteiger partial charge in [0, 0.05) is 6.54 Å². The van der Waals surface area contributed by atoms with E-state index >= 15 is 0 Å². The van der Waals surface area contributed by atoms with Gasteiger partial charge in [-0.3, -0.25) is 14.4 Å². The van der Waals surface area contributed by atoms with Crippen LogP contribution in [0.25, 0.3) is 0 Å². The number of nitrogens with zero attached hydrogens (tertiary/aromatic N) is 1. The molecule has 0 aromatic heterocycles. The Bertz CT molecular complexity index is 1230. The first-order valence-corrected chi connectivity index (χ1v) is 14.5. The van der Waals surface area contributed by atoms with Crippen LogP contribution < -0.4 is 21.1 Å². The number of likely N-dealkylation sites (tertiary alicyclic amines) is 1. The van der Waals surface area contributed by atoms with Crippen molar-refractivity contribution in [3.05, 3.63) is 29.8 Å². The molecule has 11 nitrogen and oxygen atoms in total. The molecule has 238 valence electrons. The summed E-state index contributed by atoms with van der Waals surface area (Å²) in [5, 5.41) is 12.2. The number of amides is 3. The van der Waals surface area contributed by atoms with Crippen molar-refractivity contribution in [3.63, 3.8) is 0 Å². The zero-order valence-electron chi connectivity index (χ0n) is 23.3. The van der Waals surface area contributed by atoms with Crippen molar-refractivity contribution in [3.8, 4) is 5.75 Å². The van der Waals surface area contributed by atoms with Crippen LogP contribution in [0.15, 0.2) is 24.3 Å². The van der Waals surface area contributed by atoms with Gasteiger partial charge in [-0.1, -0.05) is 26.0 Å². The van der Waals surface area contributed by atoms with Crippen molar-refractivity contribution < 1.29 is 54.6 Å². The van der Waals surface area contributed by atoms with Gasteiger partial charge >= 0.3 is 12.1 Å². The number of aliphatic hydroxyl groups excluding tert-OH is 1. The summed E-state index contributed by atoms with van der Waals surface area (Å²) >= 11 is 0. The maximum absolute atomic E-state index is 14.7. The van der Waals surface area contributed by atoms with Gasteiger partial charge in [-0.25, -0.2) is 8.42 Å². The molecule has 3 amide bonds. The molecule has 5 atom stereocenters. The molecule has 0 aliphatic carbocycles. The van der Waals surface area contributed by atoms with E-state index in [2.05, 4.69) is 5.32 Å². The summed E-state index contributed by atoms with van der Waals surface area (Å²) in [6.07, 6.45) is -8.39. The number of hydrogen-bond acceptors (Lipinski definition) is 8. The third kappa shape index (κ3) is 8.73. The fourth-order valence-corrected chi connectivity index (χ4v) is 6.17. The number of nitrogens with one attached hydrogen (secondary N) is 2. The van der Waals surface area contributed by atoms with Crippen LogP contribution in [-0.4, -0.2) is 97.9 Å². The molecule has 1 fully saturated rings. The topological polar surface area (TPSA) is 168 Å². The molecule has 17 heteroatoms. The Morgan fingerprint density at radius 3 is 2.17 bits per heavy atom. The number of hydrogen-bond donors (Lipinski definition) is 4. The molecular weight excluding hydrogens is 595 g/mol. The van der Waals surface area contributed by atoms with Crippen molar-refractivity contribution in [2.75, 3.05) is 20.2 Å². The minimum atomic E-state index is -4.99. The average molecular weight is 631 g/mol. The van der Waals surface area contributed by atoms with Gasteiger partial charge < -0.3 is 31.1 Å². The van der Waals surface area contributed by atoms with Gasteiger partial charge in [-0.05, 0) is 37.0 Å². The number of rotatable bonds is 12. The SMILES string of the molecule is COc1ccc(CS(=O)(=O)[C@@H]2C[C@@H](C(=O)N[C@@H](C(C)C)[C@@H](O)C(F)(F)C(=O)NCC(F)(F)F)N(C(=O)[C@H](C)N)C2)cc1. The molecule has 1 saturated heterocycles. The van der Waals surface area contributed by atoms with E-state index in [-0.39, 0.29) is 0 Å². The van der Waals surface area contributed by atoms with Gasteiger partial charge in [-0.15, -0.1) is 0 Å². The van der Waals surface area contributed by atoms with Gasteiger partial charge in [0.25, 0.3) is 5.91 Å². The Morgan fingerprint density at radius 2 is 1.69 bits per heavy atom. The summed E-state index contributed by atoms with van der Waals surface area (Å²) in [4.78, 5) is 38.8. The number of sulfone groups is 1. The molecule has 0 spiro atoms. The number of ether oxygens (including phenoxy) is 1. The Balaban J connectivity index is 2.28. The third-order valence-electron chi connectivity index (χ3n) is 6.76. The standard InChI is InChI=1S/C25H35F5N4O7S/c1-13(2)19(20(35)25(29,30)23(38)32-12-24(26,27)28)33-21(36)18-9-17(10-34(18)22(37)14(3)31)42(39,40)11-15-5-7-16(41-4)8-6-15/h5-8,13-14,17-20,35H,9-12,31H2,1-4H3,(H,32,38)(H,33,36)/t14-,17+,18-,19-,20+/m0/s1. The molecule has 1 aliphatic heterocycles. The second-order valence-electron chi connectivity index (χ2n) is 10.5. The van der Waals surface area contributed by atoms with Crippen molar-refractivity contribution in [1.82, 2.24) is 15.5 Å². The molecule has 1 aromatic rings. The molecule has 2 rings (SSSR count). The fraction of sp³-hybridized carbons (Fsp3) is 0.640. The molecule has 1 aromatic carbocycles. The highest BCUT2D eigenvalue weighted by atomic mass is 32.2. The monoisotopic (exact) mass is 630 g/mol. The minimum absolute atomic E-state index is 0.405. The lowest BCUT2D eigenvalue weighted by atomic mass is 9.93. The van der Waals surface area contributed by atoms with E-state index in [0.717, 1.165) is 10.2 Å². The first-order valence-electron chi connectivity index (χ1n) is 12.8. The average Bonchev–Trinajstić information content (AvgIpc) is 3.35. The second-order valence-corrected chi connectivity index (χ2v) is 12.7. The van der Waals surface area contributed by atoms with Gasteiger partial charge in [0.05, 0.1) is 30.2 Å². The van der Waals surface area contributed by atoms with Crippen LogP contribution in [0.1, 0.15) is 32.8 Å². The molecule has 0 bridgehead atoms. The Labute approximate surface area is 239 Å². The van der Waals surface area contributed by atoms with E-state index < -0.39 is 100 Å². The summed E-state index contributed by atoms with van der Waals surface area (Å²) in [6, 6.07) is 1.62. The van der Waals surface area contributed by atoms with Crippen LogP contribution in [0.2, 0.25) is 0 Å². The normalized spacial score (nSPS) is 20.1. The molecule has 1 aliphatic rings. The van der Waals surface area contributed by atoms with Crippen molar-refractivity contribution >= 4 is 27.6 Å². The number of methoxy groups -OCH3 is 1. The van der Waals surface area contributed by atoms with Crippen molar-refractivity contribution in [2.24, 2.45) is 11.7 Å². The van der Waals surface area contributed by atoms with Crippen LogP contribution in [0, 0.1) is 5.92 Å². The second kappa shape index (κ2) is 13.5. The first kappa shape index (κ1) is 35.1. The van der Waals surface area contributed by atoms with Crippen LogP contribution in [0.3, 0.4) is 0 Å². The summed E-state index contributed by atoms with van der Waals surface area (Å²) in [5.74, 6) is -10.0. The van der Waals surface area contributed by atoms with E-state index in [0.29, 0.717) is 11.3 Å². The number of alkyl halides is 5. The summed E-state index contributed by atoms with van der Waals surface area (Å²) < 4.78 is 98.0. The fourth-order valence-electron chi connectivity index (χ4n) is 4.41. The van der Waals surface area contributed by atoms with Crippen LogP contribution in [0.5, 0.6) is 5.75 Å². The zero-order chi connectivity index (χ0) is 32.2. The summed E-state index contributed by atoms with van der Waals surface area (Å²) in [6.45, 7) is 1.38. The maximum Gasteiger partial charge on any atom is 0.405 e. The lowest BCUT2D eigenvalue weighted by Crippen LogP contribution is -2.61. The van der Waals surface area contributed by atoms with Crippen molar-refractivity contribution in [1.29, 1.82) is 0 Å². The van der Waals surface area contributed by atoms with Crippen LogP contribution in [-0.2, 0) is 30.0 Å². The quantitative estimate of drug-likeness (QED) is 0.245. The van der Waals surface area contributed by atoms with Crippen LogP contribution in [0.4, 0.5) is 22.0 Å². The Morgan fingerprint density at radius 1 is 1.12 bits per heavy atom. The summed E-state index contributed by atoms with van der Waals surface area (Å²) in [7, 11) is -2.54. The predicted octanol–water partition coefficient (Wildman–Crippen LogP) is 0.742. The molecule has 1 heterocycles. The molecule has 0 unspecified atom stereocenters. The van der Waals surface area contributed by atoms with Gasteiger partial charge in [0.1, 0.15) is 24.4 Å². The smallest absolute Gasteiger partial charge is 0.405 e. The Hall–Kier alpha value is -3.05. The van der Waals surface area contributed by atoms with Gasteiger partial charge in [0.15, 0.2) is 9.84 Å². The molecule has 5 N–H and O–H groups in total. The van der Waals surface area contributed by atoms with Crippen molar-refractivity contribution in [2.45, 2.75) is 74.5 Å². The third-order valence-corrected chi connectivity index (χ3v) is 8.86. The molecule has 0 saturated carbocycles. The van der Waals surface area contributed by atoms with E-state index in [4.69, 9.17) is 10.5 Å². The van der Waals surface area contributed by atoms with E-state index in [1.54, 1.807) is 12.1 Å². The maximum atomic E-state index is 14.7. The minimum Gasteiger partial charge on any atom is -0.497 e. The number of benzene rings is 1. The van der Waals surface area contributed by atoms with Crippen LogP contribution >= 0.6 is 0 Å². The highest BCUT2D eigenvalue weighted by Gasteiger charge is 2.53. The van der Waals surface area contributed by atoms with E-state index in [1.165, 1.54) is 40.0 Å². The first-order chi connectivity index (χ1) is 19.2. The highest BCUT2D eigenvalue weighted by Crippen LogP contribution is 2.29. The number of carbonyl (C=O) groups is 3. The molecular formula is C25H35F5N4O7S. The molecule has 0 radical (unpaired) electrons. The van der Waals surface area contributed by atoms with Gasteiger partial charge in [-0.2, -0.15) is 22.0 Å². The highest BCUT2D eigenvalue weighted by molar-refractivity contribution is 7.91. The number of halogens is 5. The number of carbonyl (C=O) groups excluding carboxylic acids is 3. The lowest BCUT2D eigenvalue weighted by Gasteiger charge is -2.34. The number of aliphatic hydroxyl groups is 1. The Kier molecular flexibility index (Phi) is 11.3. The van der Waals surface area contributed by atoms with Gasteiger partial charge in [0.2, 0.25) is 11.8 Å². The van der Waals surface area contributed by atoms with E-state index in [9.17, 15) is 49.9 Å². The largest absolute Gasteiger partial charge is 0.497 e. The lowest BCUT2D eigenvalue weighted by molar-refractivity contribution is -0.175. The van der Waals surface area contributed by atoms with E-state index in [1.807, 2.05) is 0 Å². The predicted molar refractivity (Wildman–Crippen MR) is 140 cm³/mol. The number of nitrogens with two attached hydrogens (primary N) is 1.